The van der Waals surface area contributed by atoms with Gasteiger partial charge in [-0.15, -0.1) is 0 Å². The number of ether oxygens (including phenoxy) is 3. The Bertz CT molecular complexity index is 824. The van der Waals surface area contributed by atoms with Gasteiger partial charge in [0.25, 0.3) is 0 Å². The second kappa shape index (κ2) is 5.64. The second-order valence-electron chi connectivity index (χ2n) is 5.05. The highest BCUT2D eigenvalue weighted by atomic mass is 16.6. The van der Waals surface area contributed by atoms with Crippen LogP contribution in [0.4, 0.5) is 0 Å². The minimum Gasteiger partial charge on any atom is -0.485 e. The molecule has 23 heavy (non-hydrogen) atoms. The van der Waals surface area contributed by atoms with E-state index in [2.05, 4.69) is 4.98 Å². The zero-order chi connectivity index (χ0) is 15.6. The number of rotatable bonds is 3. The van der Waals surface area contributed by atoms with Crippen LogP contribution < -0.4 is 9.47 Å². The molecule has 0 aliphatic carbocycles. The van der Waals surface area contributed by atoms with E-state index in [1.54, 1.807) is 12.1 Å². The maximum absolute atomic E-state index is 12.1. The Morgan fingerprint density at radius 2 is 1.91 bits per heavy atom. The molecule has 2 heterocycles. The molecule has 0 bridgehead atoms. The van der Waals surface area contributed by atoms with Crippen molar-refractivity contribution in [1.29, 1.82) is 0 Å². The molecule has 0 spiro atoms. The van der Waals surface area contributed by atoms with Gasteiger partial charge in [-0.05, 0) is 24.3 Å². The zero-order valence-corrected chi connectivity index (χ0v) is 12.1. The number of oxazole rings is 1. The highest BCUT2D eigenvalue weighted by Gasteiger charge is 2.29. The van der Waals surface area contributed by atoms with E-state index in [1.165, 1.54) is 0 Å². The second-order valence-corrected chi connectivity index (χ2v) is 5.05. The first kappa shape index (κ1) is 13.6. The Morgan fingerprint density at radius 3 is 2.78 bits per heavy atom. The third-order valence-electron chi connectivity index (χ3n) is 3.45. The van der Waals surface area contributed by atoms with Crippen molar-refractivity contribution >= 4 is 17.1 Å². The lowest BCUT2D eigenvalue weighted by atomic mass is 10.2. The van der Waals surface area contributed by atoms with Gasteiger partial charge in [0.15, 0.2) is 23.7 Å². The molecule has 6 heteroatoms. The van der Waals surface area contributed by atoms with Gasteiger partial charge >= 0.3 is 5.97 Å². The smallest absolute Gasteiger partial charge is 0.351 e. The first-order valence-electron chi connectivity index (χ1n) is 7.19. The number of hydrogen-bond acceptors (Lipinski definition) is 6. The van der Waals surface area contributed by atoms with E-state index >= 15 is 0 Å². The van der Waals surface area contributed by atoms with Gasteiger partial charge in [0, 0.05) is 0 Å². The number of fused-ring (bicyclic) bond motifs is 2. The fourth-order valence-corrected chi connectivity index (χ4v) is 2.34. The Balaban J connectivity index is 1.40. The first-order chi connectivity index (χ1) is 11.3. The number of benzene rings is 2. The van der Waals surface area contributed by atoms with Crippen LogP contribution in [0.25, 0.3) is 11.1 Å². The Hall–Kier alpha value is -3.02. The van der Waals surface area contributed by atoms with Gasteiger partial charge < -0.3 is 18.6 Å². The fourth-order valence-electron chi connectivity index (χ4n) is 2.34. The molecule has 1 aromatic heterocycles. The summed E-state index contributed by atoms with van der Waals surface area (Å²) in [6.07, 6.45) is -0.797. The predicted molar refractivity (Wildman–Crippen MR) is 80.2 cm³/mol. The molecule has 1 atom stereocenters. The summed E-state index contributed by atoms with van der Waals surface area (Å²) in [5.74, 6) is 0.983. The average molecular weight is 311 g/mol. The first-order valence-corrected chi connectivity index (χ1v) is 7.19. The molecule has 3 aromatic rings. The van der Waals surface area contributed by atoms with E-state index in [0.717, 1.165) is 5.52 Å². The molecule has 0 amide bonds. The van der Waals surface area contributed by atoms with Crippen molar-refractivity contribution in [2.24, 2.45) is 0 Å². The summed E-state index contributed by atoms with van der Waals surface area (Å²) in [6.45, 7) is 0.0679. The molecular formula is C17H13NO5. The number of esters is 1. The summed E-state index contributed by atoms with van der Waals surface area (Å²) in [6, 6.07) is 14.5. The monoisotopic (exact) mass is 311 g/mol. The number of aromatic nitrogens is 1. The minimum atomic E-state index is -0.797. The van der Waals surface area contributed by atoms with Crippen LogP contribution in [0.3, 0.4) is 0 Å². The zero-order valence-electron chi connectivity index (χ0n) is 12.1. The third-order valence-corrected chi connectivity index (χ3v) is 3.45. The van der Waals surface area contributed by atoms with E-state index in [1.807, 2.05) is 36.4 Å². The van der Waals surface area contributed by atoms with Crippen LogP contribution in [0, 0.1) is 0 Å². The van der Waals surface area contributed by atoms with Crippen LogP contribution in [0.2, 0.25) is 0 Å². The van der Waals surface area contributed by atoms with Crippen molar-refractivity contribution in [3.05, 3.63) is 54.4 Å². The van der Waals surface area contributed by atoms with E-state index in [0.29, 0.717) is 23.0 Å². The molecule has 1 aliphatic heterocycles. The van der Waals surface area contributed by atoms with Crippen molar-refractivity contribution in [3.8, 4) is 11.5 Å². The molecule has 0 radical (unpaired) electrons. The SMILES string of the molecule is O=C(OCc1nc2ccccc2o1)[C@@H]1COc2ccccc2O1. The van der Waals surface area contributed by atoms with Gasteiger partial charge in [-0.25, -0.2) is 9.78 Å². The molecule has 116 valence electrons. The fraction of sp³-hybridized carbons (Fsp3) is 0.176. The van der Waals surface area contributed by atoms with Crippen LogP contribution in [-0.2, 0) is 16.1 Å². The summed E-state index contributed by atoms with van der Waals surface area (Å²) < 4.78 is 21.8. The van der Waals surface area contributed by atoms with Crippen molar-refractivity contribution < 1.29 is 23.4 Å². The quantitative estimate of drug-likeness (QED) is 0.693. The summed E-state index contributed by atoms with van der Waals surface area (Å²) in [4.78, 5) is 16.3. The van der Waals surface area contributed by atoms with Crippen molar-refractivity contribution in [2.45, 2.75) is 12.7 Å². The van der Waals surface area contributed by atoms with Gasteiger partial charge in [0.2, 0.25) is 12.0 Å². The Morgan fingerprint density at radius 1 is 1.13 bits per heavy atom. The van der Waals surface area contributed by atoms with Crippen molar-refractivity contribution in [1.82, 2.24) is 4.98 Å². The number of para-hydroxylation sites is 4. The lowest BCUT2D eigenvalue weighted by molar-refractivity contribution is -0.156. The van der Waals surface area contributed by atoms with E-state index < -0.39 is 12.1 Å². The molecule has 4 rings (SSSR count). The number of hydrogen-bond donors (Lipinski definition) is 0. The lowest BCUT2D eigenvalue weighted by Gasteiger charge is -2.24. The van der Waals surface area contributed by atoms with E-state index in [9.17, 15) is 4.79 Å². The minimum absolute atomic E-state index is 0.0466. The van der Waals surface area contributed by atoms with Gasteiger partial charge in [0.05, 0.1) is 0 Å². The normalized spacial score (nSPS) is 16.3. The molecule has 0 fully saturated rings. The maximum Gasteiger partial charge on any atom is 0.351 e. The lowest BCUT2D eigenvalue weighted by Crippen LogP contribution is -2.37. The van der Waals surface area contributed by atoms with Crippen LogP contribution in [0.15, 0.2) is 52.9 Å². The summed E-state index contributed by atoms with van der Waals surface area (Å²) in [5.41, 5.74) is 1.38. The van der Waals surface area contributed by atoms with Crippen LogP contribution >= 0.6 is 0 Å². The summed E-state index contributed by atoms with van der Waals surface area (Å²) in [7, 11) is 0. The third kappa shape index (κ3) is 2.70. The van der Waals surface area contributed by atoms with Gasteiger partial charge in [-0.2, -0.15) is 0 Å². The standard InChI is InChI=1S/C17H13NO5/c19-17(15-9-20-13-7-3-4-8-14(13)22-15)21-10-16-18-11-5-1-2-6-12(11)23-16/h1-8,15H,9-10H2/t15-/m0/s1. The Labute approximate surface area is 131 Å². The van der Waals surface area contributed by atoms with Crippen LogP contribution in [0.5, 0.6) is 11.5 Å². The number of nitrogens with zero attached hydrogens (tertiary/aromatic N) is 1. The molecule has 6 nitrogen and oxygen atoms in total. The van der Waals surface area contributed by atoms with Crippen molar-refractivity contribution in [2.75, 3.05) is 6.61 Å². The molecular weight excluding hydrogens is 298 g/mol. The number of carbonyl (C=O) groups is 1. The number of carbonyl (C=O) groups excluding carboxylic acids is 1. The van der Waals surface area contributed by atoms with Gasteiger partial charge in [-0.3, -0.25) is 0 Å². The van der Waals surface area contributed by atoms with Crippen LogP contribution in [-0.4, -0.2) is 23.7 Å². The molecule has 0 saturated carbocycles. The highest BCUT2D eigenvalue weighted by molar-refractivity contribution is 5.76. The van der Waals surface area contributed by atoms with Gasteiger partial charge in [0.1, 0.15) is 12.1 Å². The molecule has 2 aromatic carbocycles. The van der Waals surface area contributed by atoms with E-state index in [-0.39, 0.29) is 13.2 Å². The molecule has 0 saturated heterocycles. The predicted octanol–water partition coefficient (Wildman–Crippen LogP) is 2.71. The van der Waals surface area contributed by atoms with Gasteiger partial charge in [-0.1, -0.05) is 24.3 Å². The van der Waals surface area contributed by atoms with Crippen molar-refractivity contribution in [3.63, 3.8) is 0 Å². The molecule has 0 unspecified atom stereocenters. The highest BCUT2D eigenvalue weighted by Crippen LogP contribution is 2.31. The summed E-state index contributed by atoms with van der Waals surface area (Å²) in [5, 5.41) is 0. The summed E-state index contributed by atoms with van der Waals surface area (Å²) >= 11 is 0. The Kier molecular flexibility index (Phi) is 3.34. The topological polar surface area (TPSA) is 70.8 Å². The van der Waals surface area contributed by atoms with Crippen LogP contribution in [0.1, 0.15) is 5.89 Å². The van der Waals surface area contributed by atoms with E-state index in [4.69, 9.17) is 18.6 Å². The largest absolute Gasteiger partial charge is 0.485 e. The average Bonchev–Trinajstić information content (AvgIpc) is 3.02. The molecule has 1 aliphatic rings. The molecule has 0 N–H and O–H groups in total. The maximum atomic E-state index is 12.1.